The Morgan fingerprint density at radius 3 is 2.50 bits per heavy atom. The van der Waals surface area contributed by atoms with Crippen LogP contribution in [0, 0.1) is 10.1 Å². The molecule has 14 heavy (non-hydrogen) atoms. The van der Waals surface area contributed by atoms with Crippen LogP contribution in [0.15, 0.2) is 12.4 Å². The SMILES string of the molecule is CCC(=O)Cc1ncc([N+](=O)[O-])cn1. The molecule has 0 radical (unpaired) electrons. The average molecular weight is 195 g/mol. The van der Waals surface area contributed by atoms with Crippen LogP contribution in [0.25, 0.3) is 0 Å². The molecule has 0 aliphatic rings. The van der Waals surface area contributed by atoms with Crippen LogP contribution in [0.1, 0.15) is 19.2 Å². The van der Waals surface area contributed by atoms with E-state index in [4.69, 9.17) is 0 Å². The number of carbonyl (C=O) groups excluding carboxylic acids is 1. The number of ketones is 1. The summed E-state index contributed by atoms with van der Waals surface area (Å²) in [6, 6.07) is 0. The molecule has 0 bridgehead atoms. The quantitative estimate of drug-likeness (QED) is 0.526. The number of hydrogen-bond acceptors (Lipinski definition) is 5. The first kappa shape index (κ1) is 10.2. The average Bonchev–Trinajstić information content (AvgIpc) is 2.18. The van der Waals surface area contributed by atoms with Crippen molar-refractivity contribution in [2.24, 2.45) is 0 Å². The molecule has 6 heteroatoms. The molecule has 0 atom stereocenters. The van der Waals surface area contributed by atoms with E-state index in [1.54, 1.807) is 6.92 Å². The largest absolute Gasteiger partial charge is 0.305 e. The van der Waals surface area contributed by atoms with Gasteiger partial charge in [-0.25, -0.2) is 9.97 Å². The second kappa shape index (κ2) is 4.40. The summed E-state index contributed by atoms with van der Waals surface area (Å²) in [6.45, 7) is 1.74. The summed E-state index contributed by atoms with van der Waals surface area (Å²) in [5, 5.41) is 10.2. The molecule has 1 heterocycles. The van der Waals surface area contributed by atoms with Crippen LogP contribution in [0.5, 0.6) is 0 Å². The molecule has 0 unspecified atom stereocenters. The standard InChI is InChI=1S/C8H9N3O3/c1-2-7(12)3-8-9-4-6(5-10-8)11(13)14/h4-5H,2-3H2,1H3. The zero-order chi connectivity index (χ0) is 10.6. The van der Waals surface area contributed by atoms with E-state index in [1.807, 2.05) is 0 Å². The van der Waals surface area contributed by atoms with E-state index in [2.05, 4.69) is 9.97 Å². The van der Waals surface area contributed by atoms with Crippen molar-refractivity contribution in [3.05, 3.63) is 28.3 Å². The molecule has 74 valence electrons. The topological polar surface area (TPSA) is 86.0 Å². The van der Waals surface area contributed by atoms with E-state index in [0.717, 1.165) is 12.4 Å². The Morgan fingerprint density at radius 2 is 2.07 bits per heavy atom. The number of carbonyl (C=O) groups is 1. The summed E-state index contributed by atoms with van der Waals surface area (Å²) >= 11 is 0. The molecular weight excluding hydrogens is 186 g/mol. The van der Waals surface area contributed by atoms with Gasteiger partial charge in [-0.05, 0) is 0 Å². The van der Waals surface area contributed by atoms with Crippen LogP contribution in [0.3, 0.4) is 0 Å². The summed E-state index contributed by atoms with van der Waals surface area (Å²) in [4.78, 5) is 28.1. The van der Waals surface area contributed by atoms with Gasteiger partial charge in [-0.3, -0.25) is 14.9 Å². The predicted octanol–water partition coefficient (Wildman–Crippen LogP) is 0.906. The lowest BCUT2D eigenvalue weighted by molar-refractivity contribution is -0.385. The Hall–Kier alpha value is -1.85. The summed E-state index contributed by atoms with van der Waals surface area (Å²) in [5.41, 5.74) is -0.169. The fourth-order valence-corrected chi connectivity index (χ4v) is 0.835. The molecule has 0 amide bonds. The Balaban J connectivity index is 2.73. The molecule has 6 nitrogen and oxygen atoms in total. The molecule has 0 fully saturated rings. The number of hydrogen-bond donors (Lipinski definition) is 0. The predicted molar refractivity (Wildman–Crippen MR) is 47.7 cm³/mol. The number of nitro groups is 1. The molecule has 1 aromatic heterocycles. The van der Waals surface area contributed by atoms with Crippen LogP contribution in [0.2, 0.25) is 0 Å². The van der Waals surface area contributed by atoms with E-state index in [0.29, 0.717) is 12.2 Å². The zero-order valence-corrected chi connectivity index (χ0v) is 7.64. The number of nitrogens with zero attached hydrogens (tertiary/aromatic N) is 3. The fraction of sp³-hybridized carbons (Fsp3) is 0.375. The maximum Gasteiger partial charge on any atom is 0.305 e. The van der Waals surface area contributed by atoms with Crippen LogP contribution in [0.4, 0.5) is 5.69 Å². The van der Waals surface area contributed by atoms with E-state index >= 15 is 0 Å². The third kappa shape index (κ3) is 2.58. The van der Waals surface area contributed by atoms with Crippen LogP contribution < -0.4 is 0 Å². The molecule has 1 rings (SSSR count). The van der Waals surface area contributed by atoms with Crippen molar-refractivity contribution in [3.63, 3.8) is 0 Å². The Kier molecular flexibility index (Phi) is 3.22. The van der Waals surface area contributed by atoms with Gasteiger partial charge in [-0.2, -0.15) is 0 Å². The maximum atomic E-state index is 11.0. The first-order valence-corrected chi connectivity index (χ1v) is 4.10. The highest BCUT2D eigenvalue weighted by molar-refractivity contribution is 5.79. The molecule has 0 aliphatic carbocycles. The van der Waals surface area contributed by atoms with Gasteiger partial charge in [0.05, 0.1) is 11.3 Å². The minimum atomic E-state index is -0.578. The van der Waals surface area contributed by atoms with Crippen molar-refractivity contribution in [2.45, 2.75) is 19.8 Å². The molecule has 0 N–H and O–H groups in total. The van der Waals surface area contributed by atoms with Gasteiger partial charge in [0.15, 0.2) is 0 Å². The second-order valence-electron chi connectivity index (χ2n) is 2.68. The Morgan fingerprint density at radius 1 is 1.50 bits per heavy atom. The second-order valence-corrected chi connectivity index (χ2v) is 2.68. The maximum absolute atomic E-state index is 11.0. The first-order valence-electron chi connectivity index (χ1n) is 4.10. The third-order valence-electron chi connectivity index (χ3n) is 1.65. The zero-order valence-electron chi connectivity index (χ0n) is 7.64. The van der Waals surface area contributed by atoms with Gasteiger partial charge >= 0.3 is 5.69 Å². The molecule has 0 saturated carbocycles. The minimum absolute atomic E-state index is 0.0128. The normalized spacial score (nSPS) is 9.79. The van der Waals surface area contributed by atoms with E-state index in [1.165, 1.54) is 0 Å². The monoisotopic (exact) mass is 195 g/mol. The van der Waals surface area contributed by atoms with Gasteiger partial charge in [0, 0.05) is 6.42 Å². The summed E-state index contributed by atoms with van der Waals surface area (Å²) < 4.78 is 0. The molecule has 0 aromatic carbocycles. The Bertz CT molecular complexity index is 347. The van der Waals surface area contributed by atoms with Crippen LogP contribution >= 0.6 is 0 Å². The lowest BCUT2D eigenvalue weighted by Crippen LogP contribution is -2.05. The Labute approximate surface area is 80.1 Å². The number of rotatable bonds is 4. The van der Waals surface area contributed by atoms with Crippen molar-refractivity contribution in [3.8, 4) is 0 Å². The fourth-order valence-electron chi connectivity index (χ4n) is 0.835. The van der Waals surface area contributed by atoms with Gasteiger partial charge < -0.3 is 0 Å². The first-order chi connectivity index (χ1) is 6.63. The highest BCUT2D eigenvalue weighted by Crippen LogP contribution is 2.06. The van der Waals surface area contributed by atoms with Gasteiger partial charge in [-0.1, -0.05) is 6.92 Å². The summed E-state index contributed by atoms with van der Waals surface area (Å²) in [7, 11) is 0. The van der Waals surface area contributed by atoms with Crippen molar-refractivity contribution in [2.75, 3.05) is 0 Å². The summed E-state index contributed by atoms with van der Waals surface area (Å²) in [5.74, 6) is 0.335. The van der Waals surface area contributed by atoms with Gasteiger partial charge in [-0.15, -0.1) is 0 Å². The van der Waals surface area contributed by atoms with Crippen molar-refractivity contribution in [1.29, 1.82) is 0 Å². The molecule has 0 spiro atoms. The number of Topliss-reactive ketones (excluding diaryl/α,β-unsaturated/α-hetero) is 1. The van der Waals surface area contributed by atoms with E-state index < -0.39 is 4.92 Å². The highest BCUT2D eigenvalue weighted by Gasteiger charge is 2.08. The summed E-state index contributed by atoms with van der Waals surface area (Å²) in [6.07, 6.45) is 2.76. The highest BCUT2D eigenvalue weighted by atomic mass is 16.6. The van der Waals surface area contributed by atoms with Gasteiger partial charge in [0.25, 0.3) is 0 Å². The molecule has 1 aromatic rings. The van der Waals surface area contributed by atoms with E-state index in [9.17, 15) is 14.9 Å². The molecule has 0 aliphatic heterocycles. The molecular formula is C8H9N3O3. The van der Waals surface area contributed by atoms with Crippen LogP contribution in [-0.2, 0) is 11.2 Å². The minimum Gasteiger partial charge on any atom is -0.299 e. The van der Waals surface area contributed by atoms with Gasteiger partial charge in [0.2, 0.25) is 0 Å². The third-order valence-corrected chi connectivity index (χ3v) is 1.65. The van der Waals surface area contributed by atoms with Crippen molar-refractivity contribution >= 4 is 11.5 Å². The van der Waals surface area contributed by atoms with Crippen molar-refractivity contribution in [1.82, 2.24) is 9.97 Å². The lowest BCUT2D eigenvalue weighted by Gasteiger charge is -1.96. The van der Waals surface area contributed by atoms with Gasteiger partial charge in [0.1, 0.15) is 24.0 Å². The number of aromatic nitrogens is 2. The smallest absolute Gasteiger partial charge is 0.299 e. The van der Waals surface area contributed by atoms with Crippen LogP contribution in [-0.4, -0.2) is 20.7 Å². The lowest BCUT2D eigenvalue weighted by atomic mass is 10.2. The molecule has 0 saturated heterocycles. The van der Waals surface area contributed by atoms with E-state index in [-0.39, 0.29) is 17.9 Å². The van der Waals surface area contributed by atoms with Crippen molar-refractivity contribution < 1.29 is 9.72 Å².